The number of carbonyl (C=O) groups excluding carboxylic acids is 1. The highest BCUT2D eigenvalue weighted by atomic mass is 32.2. The summed E-state index contributed by atoms with van der Waals surface area (Å²) in [6.45, 7) is 4.92. The average Bonchev–Trinajstić information content (AvgIpc) is 2.75. The zero-order valence-corrected chi connectivity index (χ0v) is 11.0. The molecule has 102 valence electrons. The molecule has 1 aliphatic rings. The van der Waals surface area contributed by atoms with E-state index >= 15 is 0 Å². The molecule has 0 saturated carbocycles. The van der Waals surface area contributed by atoms with Crippen LogP contribution in [0.4, 0.5) is 0 Å². The third kappa shape index (κ3) is 2.90. The number of nitrogens with zero attached hydrogens (tertiary/aromatic N) is 1. The number of carbonyl (C=O) groups is 2. The minimum absolute atomic E-state index is 0.286. The summed E-state index contributed by atoms with van der Waals surface area (Å²) in [5.74, 6) is -2.01. The highest BCUT2D eigenvalue weighted by Crippen LogP contribution is 2.20. The van der Waals surface area contributed by atoms with E-state index in [1.54, 1.807) is 0 Å². The van der Waals surface area contributed by atoms with Gasteiger partial charge in [-0.15, -0.1) is 6.58 Å². The summed E-state index contributed by atoms with van der Waals surface area (Å²) in [6.07, 6.45) is 2.17. The van der Waals surface area contributed by atoms with Crippen LogP contribution in [0, 0.1) is 0 Å². The standard InChI is InChI=1S/C11H17NO5S/c1-3-7-18(16,17)8(2)10(13)12-6-4-5-9(12)11(14)15/h3,8-9H,1,4-7H2,2H3,(H,14,15). The van der Waals surface area contributed by atoms with E-state index in [9.17, 15) is 18.0 Å². The maximum Gasteiger partial charge on any atom is 0.326 e. The Morgan fingerprint density at radius 2 is 2.17 bits per heavy atom. The fraction of sp³-hybridized carbons (Fsp3) is 0.636. The Balaban J connectivity index is 2.87. The first-order valence-corrected chi connectivity index (χ1v) is 7.38. The molecule has 7 heteroatoms. The molecule has 1 amide bonds. The first-order chi connectivity index (χ1) is 8.31. The lowest BCUT2D eigenvalue weighted by Crippen LogP contribution is -2.47. The van der Waals surface area contributed by atoms with Gasteiger partial charge in [0.05, 0.1) is 5.75 Å². The van der Waals surface area contributed by atoms with Gasteiger partial charge in [0.15, 0.2) is 9.84 Å². The molecule has 1 fully saturated rings. The Morgan fingerprint density at radius 3 is 2.67 bits per heavy atom. The maximum atomic E-state index is 12.0. The van der Waals surface area contributed by atoms with Gasteiger partial charge in [0.25, 0.3) is 0 Å². The lowest BCUT2D eigenvalue weighted by Gasteiger charge is -2.24. The van der Waals surface area contributed by atoms with E-state index in [0.29, 0.717) is 19.4 Å². The third-order valence-corrected chi connectivity index (χ3v) is 5.04. The van der Waals surface area contributed by atoms with Crippen molar-refractivity contribution in [1.29, 1.82) is 0 Å². The van der Waals surface area contributed by atoms with Crippen LogP contribution in [0.2, 0.25) is 0 Å². The molecular formula is C11H17NO5S. The van der Waals surface area contributed by atoms with Gasteiger partial charge >= 0.3 is 5.97 Å². The molecule has 0 radical (unpaired) electrons. The summed E-state index contributed by atoms with van der Waals surface area (Å²) in [4.78, 5) is 24.1. The van der Waals surface area contributed by atoms with E-state index < -0.39 is 33.0 Å². The van der Waals surface area contributed by atoms with Gasteiger partial charge in [-0.25, -0.2) is 13.2 Å². The number of sulfone groups is 1. The zero-order chi connectivity index (χ0) is 13.9. The summed E-state index contributed by atoms with van der Waals surface area (Å²) in [5, 5.41) is 7.73. The largest absolute Gasteiger partial charge is 0.480 e. The van der Waals surface area contributed by atoms with Crippen molar-refractivity contribution in [3.63, 3.8) is 0 Å². The lowest BCUT2D eigenvalue weighted by atomic mass is 10.2. The van der Waals surface area contributed by atoms with Gasteiger partial charge in [-0.2, -0.15) is 0 Å². The molecule has 1 heterocycles. The van der Waals surface area contributed by atoms with E-state index in [2.05, 4.69) is 6.58 Å². The molecule has 0 aliphatic carbocycles. The molecule has 1 rings (SSSR count). The molecule has 0 aromatic heterocycles. The van der Waals surface area contributed by atoms with Crippen molar-refractivity contribution in [2.45, 2.75) is 31.1 Å². The van der Waals surface area contributed by atoms with Gasteiger partial charge in [-0.1, -0.05) is 6.08 Å². The van der Waals surface area contributed by atoms with Crippen molar-refractivity contribution in [1.82, 2.24) is 4.90 Å². The molecule has 18 heavy (non-hydrogen) atoms. The summed E-state index contributed by atoms with van der Waals surface area (Å²) in [5.41, 5.74) is 0. The van der Waals surface area contributed by atoms with Gasteiger partial charge in [0.2, 0.25) is 5.91 Å². The van der Waals surface area contributed by atoms with Crippen LogP contribution in [-0.2, 0) is 19.4 Å². The van der Waals surface area contributed by atoms with Gasteiger partial charge in [0.1, 0.15) is 11.3 Å². The van der Waals surface area contributed by atoms with Crippen molar-refractivity contribution < 1.29 is 23.1 Å². The number of likely N-dealkylation sites (tertiary alicyclic amines) is 1. The van der Waals surface area contributed by atoms with Gasteiger partial charge in [0, 0.05) is 6.54 Å². The quantitative estimate of drug-likeness (QED) is 0.716. The summed E-state index contributed by atoms with van der Waals surface area (Å²) >= 11 is 0. The fourth-order valence-electron chi connectivity index (χ4n) is 1.98. The molecule has 6 nitrogen and oxygen atoms in total. The molecule has 1 saturated heterocycles. The predicted molar refractivity (Wildman–Crippen MR) is 65.8 cm³/mol. The number of amides is 1. The molecule has 0 aromatic carbocycles. The lowest BCUT2D eigenvalue weighted by molar-refractivity contribution is -0.147. The Kier molecular flexibility index (Phi) is 4.50. The molecule has 1 N–H and O–H groups in total. The van der Waals surface area contributed by atoms with E-state index in [4.69, 9.17) is 5.11 Å². The number of hydrogen-bond donors (Lipinski definition) is 1. The second-order valence-electron chi connectivity index (χ2n) is 4.29. The van der Waals surface area contributed by atoms with Gasteiger partial charge in [-0.05, 0) is 19.8 Å². The molecule has 0 bridgehead atoms. The molecular weight excluding hydrogens is 258 g/mol. The second kappa shape index (κ2) is 5.51. The first-order valence-electron chi connectivity index (χ1n) is 5.67. The molecule has 0 spiro atoms. The van der Waals surface area contributed by atoms with Crippen LogP contribution >= 0.6 is 0 Å². The SMILES string of the molecule is C=CCS(=O)(=O)C(C)C(=O)N1CCCC1C(=O)O. The van der Waals surface area contributed by atoms with Crippen LogP contribution in [0.15, 0.2) is 12.7 Å². The van der Waals surface area contributed by atoms with Crippen molar-refractivity contribution in [2.24, 2.45) is 0 Å². The van der Waals surface area contributed by atoms with E-state index in [0.717, 1.165) is 4.90 Å². The fourth-order valence-corrected chi connectivity index (χ4v) is 3.04. The molecule has 2 atom stereocenters. The van der Waals surface area contributed by atoms with Crippen LogP contribution in [-0.4, -0.2) is 53.9 Å². The van der Waals surface area contributed by atoms with Crippen LogP contribution in [0.1, 0.15) is 19.8 Å². The first kappa shape index (κ1) is 14.7. The monoisotopic (exact) mass is 275 g/mol. The van der Waals surface area contributed by atoms with Crippen molar-refractivity contribution in [3.8, 4) is 0 Å². The van der Waals surface area contributed by atoms with E-state index in [1.165, 1.54) is 13.0 Å². The van der Waals surface area contributed by atoms with E-state index in [1.807, 2.05) is 0 Å². The van der Waals surface area contributed by atoms with Crippen molar-refractivity contribution in [2.75, 3.05) is 12.3 Å². The number of hydrogen-bond acceptors (Lipinski definition) is 4. The van der Waals surface area contributed by atoms with Crippen molar-refractivity contribution in [3.05, 3.63) is 12.7 Å². The third-order valence-electron chi connectivity index (χ3n) is 3.06. The highest BCUT2D eigenvalue weighted by Gasteiger charge is 2.39. The van der Waals surface area contributed by atoms with Crippen LogP contribution in [0.5, 0.6) is 0 Å². The normalized spacial score (nSPS) is 21.6. The summed E-state index contributed by atoms with van der Waals surface area (Å²) < 4.78 is 23.5. The van der Waals surface area contributed by atoms with Crippen molar-refractivity contribution >= 4 is 21.7 Å². The molecule has 0 aromatic rings. The Labute approximate surface area is 106 Å². The smallest absolute Gasteiger partial charge is 0.326 e. The maximum absolute atomic E-state index is 12.0. The Morgan fingerprint density at radius 1 is 1.56 bits per heavy atom. The topological polar surface area (TPSA) is 91.8 Å². The highest BCUT2D eigenvalue weighted by molar-refractivity contribution is 7.92. The summed E-state index contributed by atoms with van der Waals surface area (Å²) in [6, 6.07) is -0.904. The number of carboxylic acids is 1. The average molecular weight is 275 g/mol. The minimum atomic E-state index is -3.60. The van der Waals surface area contributed by atoms with Gasteiger partial charge < -0.3 is 10.0 Å². The predicted octanol–water partition coefficient (Wildman–Crippen LogP) is 0.0513. The molecule has 1 aliphatic heterocycles. The summed E-state index contributed by atoms with van der Waals surface area (Å²) in [7, 11) is -3.60. The Hall–Kier alpha value is -1.37. The van der Waals surface area contributed by atoms with E-state index in [-0.39, 0.29) is 5.75 Å². The number of carboxylic acid groups (broad SMARTS) is 1. The zero-order valence-electron chi connectivity index (χ0n) is 10.2. The van der Waals surface area contributed by atoms with Crippen LogP contribution in [0.25, 0.3) is 0 Å². The second-order valence-corrected chi connectivity index (χ2v) is 6.65. The Bertz CT molecular complexity index is 456. The minimum Gasteiger partial charge on any atom is -0.480 e. The number of aliphatic carboxylic acids is 1. The van der Waals surface area contributed by atoms with Gasteiger partial charge in [-0.3, -0.25) is 4.79 Å². The van der Waals surface area contributed by atoms with Crippen LogP contribution < -0.4 is 0 Å². The van der Waals surface area contributed by atoms with Crippen LogP contribution in [0.3, 0.4) is 0 Å². The number of rotatable bonds is 5. The molecule has 2 unspecified atom stereocenters.